The highest BCUT2D eigenvalue weighted by Gasteiger charge is 2.41. The lowest BCUT2D eigenvalue weighted by atomic mass is 9.98. The van der Waals surface area contributed by atoms with Crippen molar-refractivity contribution in [1.82, 2.24) is 0 Å². The molecular weight excluding hydrogens is 222 g/mol. The maximum Gasteiger partial charge on any atom is 0.124 e. The second kappa shape index (κ2) is 3.71. The van der Waals surface area contributed by atoms with Gasteiger partial charge in [-0.2, -0.15) is 0 Å². The Labute approximate surface area is 93.0 Å². The molecule has 0 bridgehead atoms. The van der Waals surface area contributed by atoms with Gasteiger partial charge in [-0.05, 0) is 42.4 Å². The van der Waals surface area contributed by atoms with E-state index in [0.717, 1.165) is 24.8 Å². The smallest absolute Gasteiger partial charge is 0.124 e. The van der Waals surface area contributed by atoms with Crippen LogP contribution in [0.5, 0.6) is 0 Å². The maximum atomic E-state index is 12.8. The molecule has 1 aliphatic carbocycles. The van der Waals surface area contributed by atoms with Crippen LogP contribution in [0.25, 0.3) is 0 Å². The summed E-state index contributed by atoms with van der Waals surface area (Å²) in [6.07, 6.45) is 3.18. The van der Waals surface area contributed by atoms with Crippen LogP contribution in [-0.2, 0) is 6.42 Å². The average molecular weight is 233 g/mol. The van der Waals surface area contributed by atoms with E-state index in [1.54, 1.807) is 6.07 Å². The maximum absolute atomic E-state index is 12.8. The summed E-state index contributed by atoms with van der Waals surface area (Å²) < 4.78 is 12.8. The lowest BCUT2D eigenvalue weighted by molar-refractivity contribution is 0.575. The van der Waals surface area contributed by atoms with E-state index in [1.807, 2.05) is 0 Å². The first-order valence-corrected chi connectivity index (χ1v) is 5.56. The van der Waals surface area contributed by atoms with Crippen molar-refractivity contribution in [3.05, 3.63) is 34.6 Å². The normalized spacial score (nSPS) is 18.2. The molecule has 0 atom stereocenters. The Bertz CT molecular complexity index is 345. The molecule has 1 aromatic rings. The predicted octanol–water partition coefficient (Wildman–Crippen LogP) is 4.04. The van der Waals surface area contributed by atoms with E-state index in [-0.39, 0.29) is 11.2 Å². The van der Waals surface area contributed by atoms with Gasteiger partial charge in [0.2, 0.25) is 0 Å². The third kappa shape index (κ3) is 2.04. The van der Waals surface area contributed by atoms with Crippen LogP contribution in [0.3, 0.4) is 0 Å². The molecule has 0 N–H and O–H groups in total. The number of alkyl halides is 1. The van der Waals surface area contributed by atoms with E-state index in [4.69, 9.17) is 23.2 Å². The molecule has 1 aliphatic rings. The molecule has 0 aliphatic heterocycles. The van der Waals surface area contributed by atoms with Gasteiger partial charge >= 0.3 is 0 Å². The summed E-state index contributed by atoms with van der Waals surface area (Å²) in [7, 11) is 0. The topological polar surface area (TPSA) is 0 Å². The van der Waals surface area contributed by atoms with E-state index < -0.39 is 0 Å². The van der Waals surface area contributed by atoms with Crippen LogP contribution < -0.4 is 0 Å². The van der Waals surface area contributed by atoms with Gasteiger partial charge < -0.3 is 0 Å². The predicted molar refractivity (Wildman–Crippen MR) is 57.5 cm³/mol. The zero-order valence-corrected chi connectivity index (χ0v) is 9.21. The lowest BCUT2D eigenvalue weighted by Gasteiger charge is -2.12. The second-order valence-corrected chi connectivity index (χ2v) is 4.72. The molecule has 1 saturated carbocycles. The Morgan fingerprint density at radius 2 is 2.07 bits per heavy atom. The molecule has 0 unspecified atom stereocenters. The first kappa shape index (κ1) is 10.3. The van der Waals surface area contributed by atoms with Crippen molar-refractivity contribution in [2.45, 2.75) is 19.3 Å². The molecule has 1 fully saturated rings. The minimum atomic E-state index is -0.283. The molecule has 14 heavy (non-hydrogen) atoms. The summed E-state index contributed by atoms with van der Waals surface area (Å²) in [4.78, 5) is 0. The molecular formula is C11H11Cl2F. The minimum Gasteiger partial charge on any atom is -0.207 e. The van der Waals surface area contributed by atoms with Gasteiger partial charge in [0.1, 0.15) is 5.82 Å². The molecule has 76 valence electrons. The lowest BCUT2D eigenvalue weighted by Crippen LogP contribution is -2.07. The molecule has 0 amide bonds. The van der Waals surface area contributed by atoms with Crippen LogP contribution in [0.2, 0.25) is 5.02 Å². The molecule has 0 nitrogen and oxygen atoms in total. The summed E-state index contributed by atoms with van der Waals surface area (Å²) >= 11 is 11.8. The Hall–Kier alpha value is -0.270. The fourth-order valence-electron chi connectivity index (χ4n) is 1.60. The first-order chi connectivity index (χ1) is 6.65. The molecule has 0 spiro atoms. The van der Waals surface area contributed by atoms with Crippen LogP contribution in [0.1, 0.15) is 18.4 Å². The Kier molecular flexibility index (Phi) is 2.72. The van der Waals surface area contributed by atoms with E-state index in [9.17, 15) is 4.39 Å². The van der Waals surface area contributed by atoms with Gasteiger partial charge in [0, 0.05) is 10.9 Å². The molecule has 0 saturated heterocycles. The molecule has 0 radical (unpaired) electrons. The van der Waals surface area contributed by atoms with E-state index in [2.05, 4.69) is 0 Å². The zero-order chi connectivity index (χ0) is 10.2. The average Bonchev–Trinajstić information content (AvgIpc) is 2.91. The van der Waals surface area contributed by atoms with Crippen LogP contribution >= 0.6 is 23.2 Å². The third-order valence-electron chi connectivity index (χ3n) is 2.82. The summed E-state index contributed by atoms with van der Waals surface area (Å²) in [5.41, 5.74) is 1.24. The second-order valence-electron chi connectivity index (χ2n) is 4.05. The Morgan fingerprint density at radius 3 is 2.57 bits per heavy atom. The number of benzene rings is 1. The zero-order valence-electron chi connectivity index (χ0n) is 7.69. The summed E-state index contributed by atoms with van der Waals surface area (Å²) in [5.74, 6) is 0.384. The van der Waals surface area contributed by atoms with Gasteiger partial charge in [-0.3, -0.25) is 0 Å². The largest absolute Gasteiger partial charge is 0.207 e. The van der Waals surface area contributed by atoms with Crippen molar-refractivity contribution in [2.24, 2.45) is 5.41 Å². The van der Waals surface area contributed by atoms with Crippen LogP contribution in [0, 0.1) is 11.2 Å². The van der Waals surface area contributed by atoms with Crippen molar-refractivity contribution < 1.29 is 4.39 Å². The third-order valence-corrected chi connectivity index (χ3v) is 3.74. The van der Waals surface area contributed by atoms with Crippen molar-refractivity contribution in [1.29, 1.82) is 0 Å². The van der Waals surface area contributed by atoms with Crippen molar-refractivity contribution in [3.8, 4) is 0 Å². The highest BCUT2D eigenvalue weighted by molar-refractivity contribution is 6.31. The first-order valence-electron chi connectivity index (χ1n) is 4.65. The van der Waals surface area contributed by atoms with Gasteiger partial charge in [0.05, 0.1) is 0 Å². The van der Waals surface area contributed by atoms with E-state index in [1.165, 1.54) is 12.1 Å². The monoisotopic (exact) mass is 232 g/mol. The fraction of sp³-hybridized carbons (Fsp3) is 0.455. The van der Waals surface area contributed by atoms with Crippen molar-refractivity contribution in [3.63, 3.8) is 0 Å². The summed E-state index contributed by atoms with van der Waals surface area (Å²) in [6, 6.07) is 4.57. The van der Waals surface area contributed by atoms with Crippen LogP contribution in [-0.4, -0.2) is 5.88 Å². The number of halogens is 3. The number of hydrogen-bond donors (Lipinski definition) is 0. The highest BCUT2D eigenvalue weighted by Crippen LogP contribution is 2.49. The molecule has 2 rings (SSSR count). The van der Waals surface area contributed by atoms with Crippen LogP contribution in [0.15, 0.2) is 18.2 Å². The number of hydrogen-bond acceptors (Lipinski definition) is 0. The van der Waals surface area contributed by atoms with Gasteiger partial charge in [-0.1, -0.05) is 17.7 Å². The quantitative estimate of drug-likeness (QED) is 0.691. The van der Waals surface area contributed by atoms with Gasteiger partial charge in [0.25, 0.3) is 0 Å². The van der Waals surface area contributed by atoms with E-state index >= 15 is 0 Å². The van der Waals surface area contributed by atoms with Crippen molar-refractivity contribution in [2.75, 3.05) is 5.88 Å². The minimum absolute atomic E-state index is 0.239. The summed E-state index contributed by atoms with van der Waals surface area (Å²) in [5, 5.41) is 0.515. The van der Waals surface area contributed by atoms with Gasteiger partial charge in [0.15, 0.2) is 0 Å². The molecule has 0 aromatic heterocycles. The van der Waals surface area contributed by atoms with Crippen LogP contribution in [0.4, 0.5) is 4.39 Å². The SMILES string of the molecule is Fc1ccc(CC2(CCl)CC2)c(Cl)c1. The molecule has 1 aromatic carbocycles. The Morgan fingerprint density at radius 1 is 1.36 bits per heavy atom. The van der Waals surface area contributed by atoms with Crippen molar-refractivity contribution >= 4 is 23.2 Å². The van der Waals surface area contributed by atoms with Gasteiger partial charge in [-0.25, -0.2) is 4.39 Å². The van der Waals surface area contributed by atoms with Gasteiger partial charge in [-0.15, -0.1) is 11.6 Å². The fourth-order valence-corrected chi connectivity index (χ4v) is 2.20. The van der Waals surface area contributed by atoms with E-state index in [0.29, 0.717) is 10.9 Å². The molecule has 3 heteroatoms. The standard InChI is InChI=1S/C11H11Cl2F/c12-7-11(3-4-11)6-8-1-2-9(14)5-10(8)13/h1-2,5H,3-4,6-7H2. The molecule has 0 heterocycles. The Balaban J connectivity index is 2.17. The summed E-state index contributed by atoms with van der Waals surface area (Å²) in [6.45, 7) is 0. The number of rotatable bonds is 3. The highest BCUT2D eigenvalue weighted by atomic mass is 35.5.